The van der Waals surface area contributed by atoms with Crippen LogP contribution < -0.4 is 5.48 Å². The maximum Gasteiger partial charge on any atom is 0.200 e. The summed E-state index contributed by atoms with van der Waals surface area (Å²) in [5.74, 6) is 0. The first-order valence-corrected chi connectivity index (χ1v) is 6.85. The minimum Gasteiger partial charge on any atom is -0.264 e. The van der Waals surface area contributed by atoms with Crippen molar-refractivity contribution in [3.05, 3.63) is 51.2 Å². The number of rotatable bonds is 1. The summed E-state index contributed by atoms with van der Waals surface area (Å²) < 4.78 is 23.6. The molecule has 0 aromatic heterocycles. The van der Waals surface area contributed by atoms with E-state index in [0.29, 0.717) is 10.7 Å². The van der Waals surface area contributed by atoms with Gasteiger partial charge in [0.05, 0.1) is 5.70 Å². The van der Waals surface area contributed by atoms with Crippen LogP contribution in [-0.4, -0.2) is 14.5 Å². The molecule has 17 heavy (non-hydrogen) atoms. The van der Waals surface area contributed by atoms with E-state index in [1.165, 1.54) is 11.5 Å². The SMILES string of the molecule is O=S1(=O)C=CC2ONC(c3ccc(Cl)cc3)=C21. The van der Waals surface area contributed by atoms with Crippen LogP contribution in [0.15, 0.2) is 40.7 Å². The smallest absolute Gasteiger partial charge is 0.200 e. The van der Waals surface area contributed by atoms with Crippen molar-refractivity contribution in [2.24, 2.45) is 0 Å². The van der Waals surface area contributed by atoms with Gasteiger partial charge in [0, 0.05) is 16.0 Å². The third kappa shape index (κ3) is 1.67. The highest BCUT2D eigenvalue weighted by atomic mass is 35.5. The minimum atomic E-state index is -3.35. The molecule has 1 N–H and O–H groups in total. The Labute approximate surface area is 103 Å². The summed E-state index contributed by atoms with van der Waals surface area (Å²) in [6.45, 7) is 0. The molecule has 2 heterocycles. The van der Waals surface area contributed by atoms with Gasteiger partial charge in [-0.1, -0.05) is 23.7 Å². The number of fused-ring (bicyclic) bond motifs is 1. The van der Waals surface area contributed by atoms with Gasteiger partial charge in [-0.2, -0.15) is 0 Å². The van der Waals surface area contributed by atoms with Crippen molar-refractivity contribution in [1.82, 2.24) is 5.48 Å². The van der Waals surface area contributed by atoms with Crippen LogP contribution in [-0.2, 0) is 14.7 Å². The summed E-state index contributed by atoms with van der Waals surface area (Å²) in [6, 6.07) is 6.90. The molecule has 1 atom stereocenters. The van der Waals surface area contributed by atoms with E-state index in [0.717, 1.165) is 5.56 Å². The van der Waals surface area contributed by atoms with Gasteiger partial charge in [0.25, 0.3) is 0 Å². The van der Waals surface area contributed by atoms with E-state index in [-0.39, 0.29) is 4.91 Å². The van der Waals surface area contributed by atoms with Gasteiger partial charge in [0.15, 0.2) is 0 Å². The summed E-state index contributed by atoms with van der Waals surface area (Å²) in [6.07, 6.45) is 0.992. The molecular formula is C11H8ClNO3S. The lowest BCUT2D eigenvalue weighted by Gasteiger charge is -2.04. The van der Waals surface area contributed by atoms with Gasteiger partial charge in [-0.05, 0) is 18.2 Å². The van der Waals surface area contributed by atoms with Gasteiger partial charge in [-0.3, -0.25) is 10.3 Å². The van der Waals surface area contributed by atoms with Gasteiger partial charge >= 0.3 is 0 Å². The molecule has 2 aliphatic rings. The van der Waals surface area contributed by atoms with Gasteiger partial charge in [0.1, 0.15) is 11.0 Å². The van der Waals surface area contributed by atoms with Crippen molar-refractivity contribution in [1.29, 1.82) is 0 Å². The van der Waals surface area contributed by atoms with Gasteiger partial charge in [-0.25, -0.2) is 8.42 Å². The second-order valence-electron chi connectivity index (χ2n) is 3.76. The number of hydroxylamine groups is 1. The quantitative estimate of drug-likeness (QED) is 0.845. The molecular weight excluding hydrogens is 262 g/mol. The molecule has 0 aliphatic carbocycles. The Bertz CT molecular complexity index is 631. The largest absolute Gasteiger partial charge is 0.264 e. The normalized spacial score (nSPS) is 24.9. The van der Waals surface area contributed by atoms with Crippen molar-refractivity contribution in [2.75, 3.05) is 0 Å². The number of hydrogen-bond donors (Lipinski definition) is 1. The molecule has 1 unspecified atom stereocenters. The molecule has 1 aromatic carbocycles. The summed E-state index contributed by atoms with van der Waals surface area (Å²) in [5, 5.41) is 1.77. The van der Waals surface area contributed by atoms with E-state index in [1.807, 2.05) is 0 Å². The van der Waals surface area contributed by atoms with Gasteiger partial charge < -0.3 is 0 Å². The Balaban J connectivity index is 2.16. The third-order valence-electron chi connectivity index (χ3n) is 2.66. The molecule has 0 fully saturated rings. The predicted molar refractivity (Wildman–Crippen MR) is 64.4 cm³/mol. The lowest BCUT2D eigenvalue weighted by Crippen LogP contribution is -2.09. The summed E-state index contributed by atoms with van der Waals surface area (Å²) in [7, 11) is -3.35. The number of sulfone groups is 1. The van der Waals surface area contributed by atoms with E-state index in [4.69, 9.17) is 16.4 Å². The van der Waals surface area contributed by atoms with Crippen LogP contribution in [0.25, 0.3) is 5.70 Å². The van der Waals surface area contributed by atoms with Crippen LogP contribution in [0.5, 0.6) is 0 Å². The van der Waals surface area contributed by atoms with Crippen molar-refractivity contribution >= 4 is 27.1 Å². The molecule has 6 heteroatoms. The Kier molecular flexibility index (Phi) is 2.29. The Morgan fingerprint density at radius 3 is 2.65 bits per heavy atom. The average molecular weight is 270 g/mol. The monoisotopic (exact) mass is 269 g/mol. The zero-order valence-electron chi connectivity index (χ0n) is 8.55. The van der Waals surface area contributed by atoms with E-state index in [2.05, 4.69) is 5.48 Å². The first kappa shape index (κ1) is 10.8. The number of hydrogen-bond acceptors (Lipinski definition) is 4. The zero-order valence-corrected chi connectivity index (χ0v) is 10.1. The topological polar surface area (TPSA) is 55.4 Å². The minimum absolute atomic E-state index is 0.264. The van der Waals surface area contributed by atoms with Crippen molar-refractivity contribution in [2.45, 2.75) is 6.10 Å². The van der Waals surface area contributed by atoms with Crippen LogP contribution >= 0.6 is 11.6 Å². The molecule has 0 spiro atoms. The fourth-order valence-corrected chi connectivity index (χ4v) is 3.38. The van der Waals surface area contributed by atoms with Crippen LogP contribution in [0.4, 0.5) is 0 Å². The molecule has 4 nitrogen and oxygen atoms in total. The van der Waals surface area contributed by atoms with Crippen LogP contribution in [0.2, 0.25) is 5.02 Å². The van der Waals surface area contributed by atoms with Crippen LogP contribution in [0, 0.1) is 0 Å². The third-order valence-corrected chi connectivity index (χ3v) is 4.48. The van der Waals surface area contributed by atoms with E-state index < -0.39 is 15.9 Å². The molecule has 0 bridgehead atoms. The average Bonchev–Trinajstić information content (AvgIpc) is 2.83. The number of halogens is 1. The number of nitrogens with one attached hydrogen (secondary N) is 1. The highest BCUT2D eigenvalue weighted by molar-refractivity contribution is 7.98. The van der Waals surface area contributed by atoms with Crippen LogP contribution in [0.3, 0.4) is 0 Å². The van der Waals surface area contributed by atoms with Gasteiger partial charge in [-0.15, -0.1) is 0 Å². The molecule has 0 radical (unpaired) electrons. The van der Waals surface area contributed by atoms with E-state index in [9.17, 15) is 8.42 Å². The Morgan fingerprint density at radius 2 is 1.94 bits per heavy atom. The molecule has 3 rings (SSSR count). The van der Waals surface area contributed by atoms with Crippen molar-refractivity contribution < 1.29 is 13.3 Å². The van der Waals surface area contributed by atoms with Crippen molar-refractivity contribution in [3.8, 4) is 0 Å². The molecule has 0 amide bonds. The molecule has 88 valence electrons. The molecule has 1 aromatic rings. The zero-order chi connectivity index (χ0) is 12.0. The van der Waals surface area contributed by atoms with Crippen LogP contribution in [0.1, 0.15) is 5.56 Å². The van der Waals surface area contributed by atoms with E-state index >= 15 is 0 Å². The first-order valence-electron chi connectivity index (χ1n) is 4.93. The summed E-state index contributed by atoms with van der Waals surface area (Å²) in [4.78, 5) is 5.45. The van der Waals surface area contributed by atoms with E-state index in [1.54, 1.807) is 24.3 Å². The molecule has 2 aliphatic heterocycles. The summed E-state index contributed by atoms with van der Waals surface area (Å²) in [5.41, 5.74) is 3.87. The Morgan fingerprint density at radius 1 is 1.24 bits per heavy atom. The maximum absolute atomic E-state index is 11.8. The highest BCUT2D eigenvalue weighted by Crippen LogP contribution is 2.35. The van der Waals surface area contributed by atoms with Crippen molar-refractivity contribution in [3.63, 3.8) is 0 Å². The van der Waals surface area contributed by atoms with Gasteiger partial charge in [0.2, 0.25) is 9.84 Å². The second-order valence-corrected chi connectivity index (χ2v) is 6.00. The Hall–Kier alpha value is -1.30. The maximum atomic E-state index is 11.8. The standard InChI is InChI=1S/C11H8ClNO3S/c12-8-3-1-7(2-4-8)10-11-9(16-13-10)5-6-17(11,14)15/h1-6,9,13H. The highest BCUT2D eigenvalue weighted by Gasteiger charge is 2.38. The fourth-order valence-electron chi connectivity index (χ4n) is 1.87. The second kappa shape index (κ2) is 3.60. The molecule has 0 saturated heterocycles. The summed E-state index contributed by atoms with van der Waals surface area (Å²) >= 11 is 5.79. The fraction of sp³-hybridized carbons (Fsp3) is 0.0909. The lowest BCUT2D eigenvalue weighted by atomic mass is 10.1. The first-order chi connectivity index (χ1) is 8.08. The predicted octanol–water partition coefficient (Wildman–Crippen LogP) is 1.85. The molecule has 0 saturated carbocycles. The number of benzene rings is 1. The lowest BCUT2D eigenvalue weighted by molar-refractivity contribution is 0.0777.